The fourth-order valence-corrected chi connectivity index (χ4v) is 1.76. The van der Waals surface area contributed by atoms with E-state index in [4.69, 9.17) is 11.1 Å². The molecule has 82 valence electrons. The highest BCUT2D eigenvalue weighted by Gasteiger charge is 2.23. The third-order valence-corrected chi connectivity index (χ3v) is 2.51. The minimum absolute atomic E-state index is 0. The number of β-amino-alcohol motifs (C(OH)–C–C–N with tert-alkyl or cyclic N) is 1. The van der Waals surface area contributed by atoms with Gasteiger partial charge < -0.3 is 15.7 Å². The summed E-state index contributed by atoms with van der Waals surface area (Å²) < 4.78 is 0. The van der Waals surface area contributed by atoms with Crippen molar-refractivity contribution in [1.29, 1.82) is 5.41 Å². The summed E-state index contributed by atoms with van der Waals surface area (Å²) in [5.74, 6) is 0.0125. The average molecular weight is 228 g/mol. The van der Waals surface area contributed by atoms with Gasteiger partial charge in [0.15, 0.2) is 5.96 Å². The van der Waals surface area contributed by atoms with E-state index in [1.807, 2.05) is 24.3 Å². The molecule has 5 heteroatoms. The van der Waals surface area contributed by atoms with Gasteiger partial charge in [0, 0.05) is 6.54 Å². The summed E-state index contributed by atoms with van der Waals surface area (Å²) in [6.45, 7) is 1.02. The molecule has 0 aromatic heterocycles. The SMILES string of the molecule is Cl.N=C(N)N1Cc2ccccc2C(O)C1. The lowest BCUT2D eigenvalue weighted by molar-refractivity contribution is 0.126. The highest BCUT2D eigenvalue weighted by molar-refractivity contribution is 5.85. The first kappa shape index (κ1) is 11.8. The Morgan fingerprint density at radius 3 is 2.80 bits per heavy atom. The van der Waals surface area contributed by atoms with Crippen LogP contribution in [0.15, 0.2) is 24.3 Å². The molecular formula is C10H14ClN3O. The zero-order valence-electron chi connectivity index (χ0n) is 8.18. The third-order valence-electron chi connectivity index (χ3n) is 2.51. The molecule has 1 unspecified atom stereocenters. The maximum absolute atomic E-state index is 9.79. The van der Waals surface area contributed by atoms with Crippen LogP contribution in [0.3, 0.4) is 0 Å². The molecule has 0 saturated carbocycles. The predicted molar refractivity (Wildman–Crippen MR) is 61.0 cm³/mol. The van der Waals surface area contributed by atoms with Crippen molar-refractivity contribution in [2.24, 2.45) is 5.73 Å². The summed E-state index contributed by atoms with van der Waals surface area (Å²) in [6.07, 6.45) is -0.538. The summed E-state index contributed by atoms with van der Waals surface area (Å²) in [6, 6.07) is 7.70. The first-order valence-corrected chi connectivity index (χ1v) is 4.53. The number of aliphatic hydroxyl groups is 1. The van der Waals surface area contributed by atoms with Crippen LogP contribution in [0.1, 0.15) is 17.2 Å². The molecule has 1 aromatic carbocycles. The molecule has 15 heavy (non-hydrogen) atoms. The molecule has 1 aliphatic rings. The maximum Gasteiger partial charge on any atom is 0.188 e. The van der Waals surface area contributed by atoms with E-state index < -0.39 is 6.10 Å². The monoisotopic (exact) mass is 227 g/mol. The number of nitrogens with zero attached hydrogens (tertiary/aromatic N) is 1. The first-order valence-electron chi connectivity index (χ1n) is 4.53. The van der Waals surface area contributed by atoms with Crippen LogP contribution in [0, 0.1) is 5.41 Å². The minimum Gasteiger partial charge on any atom is -0.387 e. The number of aliphatic hydroxyl groups excluding tert-OH is 1. The fraction of sp³-hybridized carbons (Fsp3) is 0.300. The van der Waals surface area contributed by atoms with Crippen LogP contribution in [-0.2, 0) is 6.54 Å². The second-order valence-corrected chi connectivity index (χ2v) is 3.48. The van der Waals surface area contributed by atoms with Crippen LogP contribution in [-0.4, -0.2) is 22.5 Å². The molecule has 0 bridgehead atoms. The van der Waals surface area contributed by atoms with E-state index in [0.29, 0.717) is 13.1 Å². The topological polar surface area (TPSA) is 73.3 Å². The lowest BCUT2D eigenvalue weighted by Crippen LogP contribution is -2.41. The van der Waals surface area contributed by atoms with Crippen LogP contribution in [0.25, 0.3) is 0 Å². The number of fused-ring (bicyclic) bond motifs is 1. The predicted octanol–water partition coefficient (Wildman–Crippen LogP) is 0.851. The summed E-state index contributed by atoms with van der Waals surface area (Å²) in [7, 11) is 0. The Labute approximate surface area is 94.6 Å². The molecule has 0 fully saturated rings. The van der Waals surface area contributed by atoms with Gasteiger partial charge in [-0.15, -0.1) is 12.4 Å². The van der Waals surface area contributed by atoms with Crippen molar-refractivity contribution in [2.75, 3.05) is 6.54 Å². The first-order chi connectivity index (χ1) is 6.68. The van der Waals surface area contributed by atoms with Gasteiger partial charge in [0.05, 0.1) is 12.6 Å². The molecule has 1 aromatic rings. The van der Waals surface area contributed by atoms with E-state index in [2.05, 4.69) is 0 Å². The van der Waals surface area contributed by atoms with Gasteiger partial charge in [0.2, 0.25) is 0 Å². The quantitative estimate of drug-likeness (QED) is 0.455. The maximum atomic E-state index is 9.79. The van der Waals surface area contributed by atoms with E-state index in [1.165, 1.54) is 0 Å². The Hall–Kier alpha value is -1.26. The smallest absolute Gasteiger partial charge is 0.188 e. The van der Waals surface area contributed by atoms with Gasteiger partial charge in [-0.25, -0.2) is 0 Å². The number of hydrogen-bond donors (Lipinski definition) is 3. The molecule has 0 saturated heterocycles. The van der Waals surface area contributed by atoms with Crippen molar-refractivity contribution in [1.82, 2.24) is 4.90 Å². The molecule has 0 aliphatic carbocycles. The molecule has 0 radical (unpaired) electrons. The molecule has 0 spiro atoms. The largest absolute Gasteiger partial charge is 0.387 e. The highest BCUT2D eigenvalue weighted by Crippen LogP contribution is 2.25. The van der Waals surface area contributed by atoms with E-state index in [0.717, 1.165) is 11.1 Å². The average Bonchev–Trinajstić information content (AvgIpc) is 2.17. The van der Waals surface area contributed by atoms with Crippen LogP contribution in [0.4, 0.5) is 0 Å². The molecule has 1 atom stereocenters. The number of rotatable bonds is 0. The zero-order chi connectivity index (χ0) is 10.1. The van der Waals surface area contributed by atoms with Crippen LogP contribution >= 0.6 is 12.4 Å². The Morgan fingerprint density at radius 2 is 2.13 bits per heavy atom. The summed E-state index contributed by atoms with van der Waals surface area (Å²) in [5, 5.41) is 17.1. The van der Waals surface area contributed by atoms with Gasteiger partial charge in [-0.3, -0.25) is 5.41 Å². The lowest BCUT2D eigenvalue weighted by Gasteiger charge is -2.32. The number of hydrogen-bond acceptors (Lipinski definition) is 2. The van der Waals surface area contributed by atoms with Crippen molar-refractivity contribution in [3.05, 3.63) is 35.4 Å². The number of nitrogens with two attached hydrogens (primary N) is 1. The third kappa shape index (κ3) is 2.22. The van der Waals surface area contributed by atoms with Crippen LogP contribution < -0.4 is 5.73 Å². The lowest BCUT2D eigenvalue weighted by atomic mass is 9.98. The van der Waals surface area contributed by atoms with Crippen LogP contribution in [0.5, 0.6) is 0 Å². The van der Waals surface area contributed by atoms with Gasteiger partial charge in [-0.1, -0.05) is 24.3 Å². The second kappa shape index (κ2) is 4.51. The molecule has 1 heterocycles. The Morgan fingerprint density at radius 1 is 1.47 bits per heavy atom. The van der Waals surface area contributed by atoms with Crippen molar-refractivity contribution >= 4 is 18.4 Å². The number of benzene rings is 1. The fourth-order valence-electron chi connectivity index (χ4n) is 1.76. The number of guanidine groups is 1. The van der Waals surface area contributed by atoms with Crippen molar-refractivity contribution in [2.45, 2.75) is 12.6 Å². The van der Waals surface area contributed by atoms with Crippen molar-refractivity contribution in [3.63, 3.8) is 0 Å². The minimum atomic E-state index is -0.538. The number of halogens is 1. The van der Waals surface area contributed by atoms with Gasteiger partial charge in [-0.05, 0) is 11.1 Å². The highest BCUT2D eigenvalue weighted by atomic mass is 35.5. The van der Waals surface area contributed by atoms with E-state index >= 15 is 0 Å². The molecule has 2 rings (SSSR count). The molecule has 0 amide bonds. The molecule has 1 aliphatic heterocycles. The Kier molecular flexibility index (Phi) is 3.55. The Balaban J connectivity index is 0.00000112. The zero-order valence-corrected chi connectivity index (χ0v) is 9.00. The molecule has 4 nitrogen and oxygen atoms in total. The van der Waals surface area contributed by atoms with Gasteiger partial charge >= 0.3 is 0 Å². The van der Waals surface area contributed by atoms with Crippen molar-refractivity contribution in [3.8, 4) is 0 Å². The molecule has 4 N–H and O–H groups in total. The van der Waals surface area contributed by atoms with Crippen molar-refractivity contribution < 1.29 is 5.11 Å². The van der Waals surface area contributed by atoms with Gasteiger partial charge in [0.25, 0.3) is 0 Å². The van der Waals surface area contributed by atoms with E-state index in [-0.39, 0.29) is 18.4 Å². The molecular weight excluding hydrogens is 214 g/mol. The summed E-state index contributed by atoms with van der Waals surface area (Å²) in [5.41, 5.74) is 7.38. The normalized spacial score (nSPS) is 19.0. The Bertz CT molecular complexity index is 369. The van der Waals surface area contributed by atoms with Gasteiger partial charge in [-0.2, -0.15) is 0 Å². The van der Waals surface area contributed by atoms with Gasteiger partial charge in [0.1, 0.15) is 0 Å². The second-order valence-electron chi connectivity index (χ2n) is 3.48. The summed E-state index contributed by atoms with van der Waals surface area (Å²) in [4.78, 5) is 1.66. The number of nitrogens with one attached hydrogen (secondary N) is 1. The van der Waals surface area contributed by atoms with E-state index in [9.17, 15) is 5.11 Å². The van der Waals surface area contributed by atoms with E-state index in [1.54, 1.807) is 4.90 Å². The summed E-state index contributed by atoms with van der Waals surface area (Å²) >= 11 is 0. The standard InChI is InChI=1S/C10H13N3O.ClH/c11-10(12)13-5-7-3-1-2-4-8(7)9(14)6-13;/h1-4,9,14H,5-6H2,(H3,11,12);1H. The van der Waals surface area contributed by atoms with Crippen LogP contribution in [0.2, 0.25) is 0 Å².